The van der Waals surface area contributed by atoms with Crippen molar-refractivity contribution in [1.82, 2.24) is 0 Å². The lowest BCUT2D eigenvalue weighted by Crippen LogP contribution is -2.06. The number of aliphatic hydroxyl groups is 1. The van der Waals surface area contributed by atoms with E-state index in [-0.39, 0.29) is 11.7 Å². The van der Waals surface area contributed by atoms with E-state index >= 15 is 0 Å². The first-order chi connectivity index (χ1) is 11.2. The Bertz CT molecular complexity index is 698. The first-order valence-electron chi connectivity index (χ1n) is 7.66. The highest BCUT2D eigenvalue weighted by atomic mass is 16.3. The highest BCUT2D eigenvalue weighted by molar-refractivity contribution is 5.50. The second kappa shape index (κ2) is 8.04. The number of phenols is 1. The molecule has 2 rings (SSSR count). The van der Waals surface area contributed by atoms with Crippen molar-refractivity contribution in [3.63, 3.8) is 0 Å². The fraction of sp³-hybridized carbons (Fsp3) is 0.143. The minimum atomic E-state index is -0.138. The summed E-state index contributed by atoms with van der Waals surface area (Å²) in [4.78, 5) is 0. The van der Waals surface area contributed by atoms with Gasteiger partial charge >= 0.3 is 0 Å². The summed E-state index contributed by atoms with van der Waals surface area (Å²) in [7, 11) is 0. The van der Waals surface area contributed by atoms with Crippen LogP contribution in [0.5, 0.6) is 5.75 Å². The average molecular weight is 306 g/mol. The first-order valence-corrected chi connectivity index (χ1v) is 7.66. The molecule has 1 unspecified atom stereocenters. The van der Waals surface area contributed by atoms with Crippen LogP contribution in [0.4, 0.5) is 0 Å². The molecule has 118 valence electrons. The maximum Gasteiger partial charge on any atom is 0.115 e. The lowest BCUT2D eigenvalue weighted by Gasteiger charge is -2.21. The second-order valence-corrected chi connectivity index (χ2v) is 5.31. The van der Waals surface area contributed by atoms with Gasteiger partial charge in [0, 0.05) is 17.9 Å². The third kappa shape index (κ3) is 4.13. The molecule has 0 saturated carbocycles. The topological polar surface area (TPSA) is 40.5 Å². The summed E-state index contributed by atoms with van der Waals surface area (Å²) in [5, 5.41) is 20.0. The van der Waals surface area contributed by atoms with Crippen LogP contribution in [0, 0.1) is 0 Å². The largest absolute Gasteiger partial charge is 0.512 e. The predicted molar refractivity (Wildman–Crippen MR) is 96.5 cm³/mol. The summed E-state index contributed by atoms with van der Waals surface area (Å²) in [6.07, 6.45) is 15.9. The minimum Gasteiger partial charge on any atom is -0.512 e. The predicted octanol–water partition coefficient (Wildman–Crippen LogP) is 5.49. The van der Waals surface area contributed by atoms with Crippen LogP contribution in [0.2, 0.25) is 0 Å². The fourth-order valence-electron chi connectivity index (χ4n) is 2.60. The molecule has 1 aromatic rings. The summed E-state index contributed by atoms with van der Waals surface area (Å²) in [6, 6.07) is 7.07. The first kappa shape index (κ1) is 16.6. The number of hydrogen-bond acceptors (Lipinski definition) is 2. The van der Waals surface area contributed by atoms with Gasteiger partial charge in [-0.1, -0.05) is 67.3 Å². The second-order valence-electron chi connectivity index (χ2n) is 5.31. The quantitative estimate of drug-likeness (QED) is 0.706. The monoisotopic (exact) mass is 306 g/mol. The van der Waals surface area contributed by atoms with Gasteiger partial charge in [-0.2, -0.15) is 0 Å². The molecule has 2 nitrogen and oxygen atoms in total. The van der Waals surface area contributed by atoms with Crippen molar-refractivity contribution in [2.75, 3.05) is 0 Å². The highest BCUT2D eigenvalue weighted by Gasteiger charge is 2.21. The molecule has 0 bridgehead atoms. The molecule has 1 aliphatic rings. The molecule has 2 N–H and O–H groups in total. The Kier molecular flexibility index (Phi) is 5.81. The molecule has 0 spiro atoms. The SMILES string of the molecule is C=C/C(=C\C=C/C)C(C1=C(O)CC=CC=C1)c1ccc(O)cc1. The average Bonchev–Trinajstić information content (AvgIpc) is 2.77. The number of benzene rings is 1. The summed E-state index contributed by atoms with van der Waals surface area (Å²) >= 11 is 0. The van der Waals surface area contributed by atoms with Crippen LogP contribution >= 0.6 is 0 Å². The van der Waals surface area contributed by atoms with Crippen LogP contribution in [0.1, 0.15) is 24.8 Å². The fourth-order valence-corrected chi connectivity index (χ4v) is 2.60. The molecule has 0 saturated heterocycles. The number of rotatable bonds is 5. The van der Waals surface area contributed by atoms with E-state index in [4.69, 9.17) is 0 Å². The number of hydrogen-bond donors (Lipinski definition) is 2. The Morgan fingerprint density at radius 1 is 1.17 bits per heavy atom. The Balaban J connectivity index is 2.59. The van der Waals surface area contributed by atoms with Gasteiger partial charge in [-0.3, -0.25) is 0 Å². The van der Waals surface area contributed by atoms with Crippen LogP contribution in [-0.4, -0.2) is 10.2 Å². The molecule has 0 radical (unpaired) electrons. The van der Waals surface area contributed by atoms with Crippen molar-refractivity contribution >= 4 is 0 Å². The van der Waals surface area contributed by atoms with Crippen molar-refractivity contribution in [3.8, 4) is 5.75 Å². The third-order valence-corrected chi connectivity index (χ3v) is 3.75. The van der Waals surface area contributed by atoms with E-state index in [0.29, 0.717) is 12.2 Å². The Hall–Kier alpha value is -2.74. The van der Waals surface area contributed by atoms with Gasteiger partial charge in [0.1, 0.15) is 11.5 Å². The normalized spacial score (nSPS) is 16.7. The summed E-state index contributed by atoms with van der Waals surface area (Å²) in [5.41, 5.74) is 2.82. The van der Waals surface area contributed by atoms with Gasteiger partial charge in [-0.05, 0) is 30.2 Å². The van der Waals surface area contributed by atoms with Crippen LogP contribution in [-0.2, 0) is 0 Å². The molecule has 1 aromatic carbocycles. The van der Waals surface area contributed by atoms with Crippen molar-refractivity contribution in [2.24, 2.45) is 0 Å². The van der Waals surface area contributed by atoms with E-state index in [1.54, 1.807) is 12.1 Å². The summed E-state index contributed by atoms with van der Waals surface area (Å²) in [6.45, 7) is 5.88. The lowest BCUT2D eigenvalue weighted by atomic mass is 9.83. The third-order valence-electron chi connectivity index (χ3n) is 3.75. The molecule has 0 aromatic heterocycles. The zero-order chi connectivity index (χ0) is 16.7. The van der Waals surface area contributed by atoms with Crippen LogP contribution in [0.3, 0.4) is 0 Å². The van der Waals surface area contributed by atoms with Gasteiger partial charge in [-0.15, -0.1) is 0 Å². The Morgan fingerprint density at radius 2 is 1.91 bits per heavy atom. The van der Waals surface area contributed by atoms with Crippen molar-refractivity contribution in [2.45, 2.75) is 19.3 Å². The van der Waals surface area contributed by atoms with Gasteiger partial charge in [0.2, 0.25) is 0 Å². The van der Waals surface area contributed by atoms with Gasteiger partial charge in [0.05, 0.1) is 0 Å². The molecular weight excluding hydrogens is 284 g/mol. The summed E-state index contributed by atoms with van der Waals surface area (Å²) in [5.74, 6) is 0.433. The molecule has 0 amide bonds. The maximum absolute atomic E-state index is 10.5. The number of allylic oxidation sites excluding steroid dienone is 10. The Labute approximate surface area is 137 Å². The Morgan fingerprint density at radius 3 is 2.57 bits per heavy atom. The molecule has 2 heteroatoms. The molecule has 0 heterocycles. The van der Waals surface area contributed by atoms with Gasteiger partial charge in [0.15, 0.2) is 0 Å². The standard InChI is InChI=1S/C21H22O2/c1-3-5-9-16(4-2)21(17-12-14-18(22)15-13-17)19-10-7-6-8-11-20(19)23/h3-10,12-15,21-23H,2,11H2,1H3/b5-3-,16-9+. The molecule has 0 fully saturated rings. The van der Waals surface area contributed by atoms with Crippen LogP contribution in [0.25, 0.3) is 0 Å². The van der Waals surface area contributed by atoms with Crippen molar-refractivity contribution < 1.29 is 10.2 Å². The van der Waals surface area contributed by atoms with E-state index in [2.05, 4.69) is 6.58 Å². The van der Waals surface area contributed by atoms with Crippen LogP contribution in [0.15, 0.2) is 96.4 Å². The van der Waals surface area contributed by atoms with Gasteiger partial charge in [0.25, 0.3) is 0 Å². The van der Waals surface area contributed by atoms with E-state index in [0.717, 1.165) is 16.7 Å². The van der Waals surface area contributed by atoms with E-state index < -0.39 is 0 Å². The summed E-state index contributed by atoms with van der Waals surface area (Å²) < 4.78 is 0. The zero-order valence-corrected chi connectivity index (χ0v) is 13.3. The highest BCUT2D eigenvalue weighted by Crippen LogP contribution is 2.36. The van der Waals surface area contributed by atoms with E-state index in [1.807, 2.05) is 67.7 Å². The molecule has 1 atom stereocenters. The minimum absolute atomic E-state index is 0.138. The van der Waals surface area contributed by atoms with Crippen LogP contribution < -0.4 is 0 Å². The number of aliphatic hydroxyl groups excluding tert-OH is 1. The number of aromatic hydroxyl groups is 1. The smallest absolute Gasteiger partial charge is 0.115 e. The van der Waals surface area contributed by atoms with E-state index in [9.17, 15) is 10.2 Å². The maximum atomic E-state index is 10.5. The zero-order valence-electron chi connectivity index (χ0n) is 13.3. The lowest BCUT2D eigenvalue weighted by molar-refractivity contribution is 0.393. The molecule has 23 heavy (non-hydrogen) atoms. The number of phenolic OH excluding ortho intramolecular Hbond substituents is 1. The molecular formula is C21H22O2. The van der Waals surface area contributed by atoms with Crippen molar-refractivity contribution in [3.05, 3.63) is 102 Å². The van der Waals surface area contributed by atoms with Gasteiger partial charge in [-0.25, -0.2) is 0 Å². The van der Waals surface area contributed by atoms with Crippen molar-refractivity contribution in [1.29, 1.82) is 0 Å². The molecule has 1 aliphatic carbocycles. The molecule has 0 aliphatic heterocycles. The van der Waals surface area contributed by atoms with E-state index in [1.165, 1.54) is 0 Å². The van der Waals surface area contributed by atoms with Gasteiger partial charge < -0.3 is 10.2 Å².